The van der Waals surface area contributed by atoms with Crippen molar-refractivity contribution < 1.29 is 13.5 Å². The summed E-state index contributed by atoms with van der Waals surface area (Å²) in [7, 11) is 0. The van der Waals surface area contributed by atoms with E-state index in [1.807, 2.05) is 24.3 Å². The van der Waals surface area contributed by atoms with E-state index in [0.717, 1.165) is 16.3 Å². The summed E-state index contributed by atoms with van der Waals surface area (Å²) in [6, 6.07) is 11.1. The molecule has 0 aliphatic carbocycles. The van der Waals surface area contributed by atoms with Crippen LogP contribution in [0.15, 0.2) is 51.8 Å². The molecule has 0 fully saturated rings. The normalized spacial score (nSPS) is 10.5. The quantitative estimate of drug-likeness (QED) is 0.563. The van der Waals surface area contributed by atoms with Crippen molar-refractivity contribution in [2.45, 2.75) is 4.90 Å². The van der Waals surface area contributed by atoms with Gasteiger partial charge < -0.3 is 4.74 Å². The summed E-state index contributed by atoms with van der Waals surface area (Å²) in [5.41, 5.74) is 0. The predicted molar refractivity (Wildman–Crippen MR) is 76.7 cm³/mol. The van der Waals surface area contributed by atoms with Crippen LogP contribution in [0.25, 0.3) is 0 Å². The summed E-state index contributed by atoms with van der Waals surface area (Å²) in [5, 5.41) is 0. The van der Waals surface area contributed by atoms with Crippen molar-refractivity contribution in [3.05, 3.63) is 58.6 Å². The Labute approximate surface area is 123 Å². The van der Waals surface area contributed by atoms with Crippen molar-refractivity contribution in [2.75, 3.05) is 12.4 Å². The number of hydrogen-bond acceptors (Lipinski definition) is 2. The van der Waals surface area contributed by atoms with Crippen molar-refractivity contribution in [2.24, 2.45) is 0 Å². The van der Waals surface area contributed by atoms with Gasteiger partial charge in [-0.3, -0.25) is 0 Å². The molecule has 0 aliphatic heterocycles. The lowest BCUT2D eigenvalue weighted by Crippen LogP contribution is -2.00. The Morgan fingerprint density at radius 2 is 1.95 bits per heavy atom. The molecule has 5 heteroatoms. The van der Waals surface area contributed by atoms with Crippen molar-refractivity contribution in [3.63, 3.8) is 0 Å². The maximum Gasteiger partial charge on any atom is 0.139 e. The molecule has 19 heavy (non-hydrogen) atoms. The second-order valence-electron chi connectivity index (χ2n) is 3.73. The van der Waals surface area contributed by atoms with E-state index in [0.29, 0.717) is 17.3 Å². The van der Waals surface area contributed by atoms with Crippen molar-refractivity contribution in [3.8, 4) is 5.75 Å². The molecule has 0 spiro atoms. The first kappa shape index (κ1) is 14.3. The van der Waals surface area contributed by atoms with Gasteiger partial charge in [0.15, 0.2) is 0 Å². The minimum Gasteiger partial charge on any atom is -0.493 e. The number of thioether (sulfide) groups is 1. The summed E-state index contributed by atoms with van der Waals surface area (Å²) in [5.74, 6) is 0.254. The van der Waals surface area contributed by atoms with Crippen LogP contribution in [-0.4, -0.2) is 12.4 Å². The average Bonchev–Trinajstić information content (AvgIpc) is 2.37. The first-order chi connectivity index (χ1) is 9.15. The van der Waals surface area contributed by atoms with Crippen LogP contribution in [0.5, 0.6) is 5.75 Å². The summed E-state index contributed by atoms with van der Waals surface area (Å²) in [6.45, 7) is 0.456. The zero-order valence-corrected chi connectivity index (χ0v) is 12.3. The molecule has 0 amide bonds. The highest BCUT2D eigenvalue weighted by molar-refractivity contribution is 9.10. The number of rotatable bonds is 5. The van der Waals surface area contributed by atoms with Crippen LogP contribution in [0.2, 0.25) is 0 Å². The van der Waals surface area contributed by atoms with Crippen molar-refractivity contribution >= 4 is 27.7 Å². The lowest BCUT2D eigenvalue weighted by Gasteiger charge is -2.07. The topological polar surface area (TPSA) is 9.23 Å². The molecule has 1 nitrogen and oxygen atoms in total. The molecule has 0 aliphatic rings. The molecular formula is C14H11BrF2OS. The predicted octanol–water partition coefficient (Wildman–Crippen LogP) is 4.90. The maximum absolute atomic E-state index is 13.3. The number of ether oxygens (including phenoxy) is 1. The van der Waals surface area contributed by atoms with E-state index < -0.39 is 11.6 Å². The molecule has 0 unspecified atom stereocenters. The van der Waals surface area contributed by atoms with Gasteiger partial charge in [-0.25, -0.2) is 8.78 Å². The Balaban J connectivity index is 1.81. The van der Waals surface area contributed by atoms with Gasteiger partial charge in [0, 0.05) is 21.2 Å². The van der Waals surface area contributed by atoms with Crippen LogP contribution >= 0.6 is 27.7 Å². The fourth-order valence-electron chi connectivity index (χ4n) is 1.46. The number of hydrogen-bond donors (Lipinski definition) is 0. The van der Waals surface area contributed by atoms with Crippen molar-refractivity contribution in [1.29, 1.82) is 0 Å². The van der Waals surface area contributed by atoms with Crippen LogP contribution < -0.4 is 4.74 Å². The molecule has 0 saturated carbocycles. The van der Waals surface area contributed by atoms with Gasteiger partial charge in [0.2, 0.25) is 0 Å². The second-order valence-corrected chi connectivity index (χ2v) is 5.78. The van der Waals surface area contributed by atoms with E-state index in [9.17, 15) is 8.78 Å². The van der Waals surface area contributed by atoms with Gasteiger partial charge in [0.1, 0.15) is 17.4 Å². The molecule has 2 aromatic rings. The lowest BCUT2D eigenvalue weighted by molar-refractivity contribution is 0.343. The van der Waals surface area contributed by atoms with Gasteiger partial charge in [-0.15, -0.1) is 11.8 Å². The van der Waals surface area contributed by atoms with Gasteiger partial charge >= 0.3 is 0 Å². The maximum atomic E-state index is 13.3. The lowest BCUT2D eigenvalue weighted by atomic mass is 10.3. The highest BCUT2D eigenvalue weighted by Crippen LogP contribution is 2.23. The fourth-order valence-corrected chi connectivity index (χ4v) is 2.59. The van der Waals surface area contributed by atoms with E-state index in [1.54, 1.807) is 0 Å². The van der Waals surface area contributed by atoms with Crippen LogP contribution in [0.1, 0.15) is 0 Å². The minimum absolute atomic E-state index is 0.430. The Morgan fingerprint density at radius 1 is 1.11 bits per heavy atom. The van der Waals surface area contributed by atoms with Crippen LogP contribution in [0, 0.1) is 11.6 Å². The Hall–Kier alpha value is -1.07. The highest BCUT2D eigenvalue weighted by atomic mass is 79.9. The summed E-state index contributed by atoms with van der Waals surface area (Å²) in [6.07, 6.45) is 0. The third kappa shape index (κ3) is 4.51. The molecule has 0 saturated heterocycles. The highest BCUT2D eigenvalue weighted by Gasteiger charge is 2.04. The third-order valence-corrected chi connectivity index (χ3v) is 3.81. The summed E-state index contributed by atoms with van der Waals surface area (Å²) in [4.78, 5) is 0.430. The van der Waals surface area contributed by atoms with Gasteiger partial charge in [-0.2, -0.15) is 0 Å². The Kier molecular flexibility index (Phi) is 5.22. The molecule has 2 rings (SSSR count). The molecule has 0 heterocycles. The molecule has 0 radical (unpaired) electrons. The van der Waals surface area contributed by atoms with Crippen LogP contribution in [-0.2, 0) is 0 Å². The zero-order chi connectivity index (χ0) is 13.7. The monoisotopic (exact) mass is 344 g/mol. The smallest absolute Gasteiger partial charge is 0.139 e. The average molecular weight is 345 g/mol. The van der Waals surface area contributed by atoms with Gasteiger partial charge in [0.25, 0.3) is 0 Å². The van der Waals surface area contributed by atoms with Crippen molar-refractivity contribution in [1.82, 2.24) is 0 Å². The first-order valence-electron chi connectivity index (χ1n) is 5.61. The first-order valence-corrected chi connectivity index (χ1v) is 7.39. The van der Waals surface area contributed by atoms with Crippen LogP contribution in [0.3, 0.4) is 0 Å². The van der Waals surface area contributed by atoms with E-state index >= 15 is 0 Å². The van der Waals surface area contributed by atoms with Gasteiger partial charge in [-0.05, 0) is 30.3 Å². The van der Waals surface area contributed by atoms with Gasteiger partial charge in [-0.1, -0.05) is 22.0 Å². The Bertz CT molecular complexity index is 563. The third-order valence-electron chi connectivity index (χ3n) is 2.30. The summed E-state index contributed by atoms with van der Waals surface area (Å²) >= 11 is 4.65. The van der Waals surface area contributed by atoms with Crippen LogP contribution in [0.4, 0.5) is 8.78 Å². The SMILES string of the molecule is Fc1ccc(SCCOc2cccc(Br)c2)c(F)c1. The standard InChI is InChI=1S/C14H11BrF2OS/c15-10-2-1-3-12(8-10)18-6-7-19-14-5-4-11(16)9-13(14)17/h1-5,8-9H,6-7H2. The van der Waals surface area contributed by atoms with E-state index in [-0.39, 0.29) is 0 Å². The van der Waals surface area contributed by atoms with E-state index in [2.05, 4.69) is 15.9 Å². The Morgan fingerprint density at radius 3 is 2.68 bits per heavy atom. The van der Waals surface area contributed by atoms with E-state index in [4.69, 9.17) is 4.74 Å². The minimum atomic E-state index is -0.563. The molecule has 2 aromatic carbocycles. The van der Waals surface area contributed by atoms with Gasteiger partial charge in [0.05, 0.1) is 6.61 Å². The number of halogens is 3. The van der Waals surface area contributed by atoms with E-state index in [1.165, 1.54) is 23.9 Å². The number of benzene rings is 2. The molecule has 0 bridgehead atoms. The molecule has 100 valence electrons. The second kappa shape index (κ2) is 6.91. The fraction of sp³-hybridized carbons (Fsp3) is 0.143. The largest absolute Gasteiger partial charge is 0.493 e. The molecule has 0 atom stereocenters. The molecule has 0 aromatic heterocycles. The molecular weight excluding hydrogens is 334 g/mol. The summed E-state index contributed by atoms with van der Waals surface area (Å²) < 4.78 is 32.5. The molecule has 0 N–H and O–H groups in total. The zero-order valence-electron chi connectivity index (χ0n) is 9.91.